The minimum atomic E-state index is -0.199. The molecule has 5 rings (SSSR count). The fraction of sp³-hybridized carbons (Fsp3) is 0.259. The molecule has 0 aliphatic carbocycles. The van der Waals surface area contributed by atoms with Crippen molar-refractivity contribution in [2.75, 3.05) is 29.9 Å². The molecule has 1 N–H and O–H groups in total. The number of rotatable bonds is 4. The Balaban J connectivity index is 1.46. The van der Waals surface area contributed by atoms with Crippen molar-refractivity contribution >= 4 is 39.1 Å². The maximum absolute atomic E-state index is 13.5. The van der Waals surface area contributed by atoms with Crippen LogP contribution in [0.15, 0.2) is 71.2 Å². The van der Waals surface area contributed by atoms with E-state index in [1.165, 1.54) is 11.1 Å². The molecule has 33 heavy (non-hydrogen) atoms. The van der Waals surface area contributed by atoms with Crippen LogP contribution < -0.4 is 10.2 Å². The van der Waals surface area contributed by atoms with E-state index in [2.05, 4.69) is 50.4 Å². The first-order chi connectivity index (χ1) is 16.1. The minimum Gasteiger partial charge on any atom is -0.366 e. The molecule has 0 bridgehead atoms. The highest BCUT2D eigenvalue weighted by Crippen LogP contribution is 2.31. The van der Waals surface area contributed by atoms with Crippen molar-refractivity contribution in [3.63, 3.8) is 0 Å². The summed E-state index contributed by atoms with van der Waals surface area (Å²) < 4.78 is 0.848. The van der Waals surface area contributed by atoms with Gasteiger partial charge in [-0.05, 0) is 66.8 Å². The molecule has 0 aromatic heterocycles. The summed E-state index contributed by atoms with van der Waals surface area (Å²) in [5, 5.41) is 2.97. The number of hydrogen-bond donors (Lipinski definition) is 1. The highest BCUT2D eigenvalue weighted by Gasteiger charge is 2.26. The number of nitrogens with zero attached hydrogens (tertiary/aromatic N) is 2. The summed E-state index contributed by atoms with van der Waals surface area (Å²) in [4.78, 5) is 30.5. The van der Waals surface area contributed by atoms with Crippen LogP contribution in [0.3, 0.4) is 0 Å². The second-order valence-electron chi connectivity index (χ2n) is 8.64. The van der Waals surface area contributed by atoms with Gasteiger partial charge in [-0.25, -0.2) is 0 Å². The van der Waals surface area contributed by atoms with Crippen molar-refractivity contribution in [2.45, 2.75) is 25.8 Å². The van der Waals surface area contributed by atoms with Crippen molar-refractivity contribution in [3.8, 4) is 0 Å². The number of likely N-dealkylation sites (tertiary alicyclic amines) is 1. The summed E-state index contributed by atoms with van der Waals surface area (Å²) in [5.74, 6) is -0.157. The number of hydrogen-bond acceptors (Lipinski definition) is 3. The SMILES string of the molecule is O=C(Nc1ccc(N2CCc3ccccc3C2)c(C(=O)N2CCCC2)c1)c1cccc(Br)c1. The number of carbonyl (C=O) groups is 2. The van der Waals surface area contributed by atoms with E-state index in [1.807, 2.05) is 35.2 Å². The summed E-state index contributed by atoms with van der Waals surface area (Å²) in [5.41, 5.74) is 5.46. The van der Waals surface area contributed by atoms with E-state index in [4.69, 9.17) is 0 Å². The second-order valence-corrected chi connectivity index (χ2v) is 9.55. The van der Waals surface area contributed by atoms with Crippen LogP contribution in [0.2, 0.25) is 0 Å². The molecule has 2 heterocycles. The van der Waals surface area contributed by atoms with Crippen molar-refractivity contribution in [2.24, 2.45) is 0 Å². The molecule has 0 radical (unpaired) electrons. The maximum atomic E-state index is 13.5. The Hall–Kier alpha value is -3.12. The van der Waals surface area contributed by atoms with Crippen molar-refractivity contribution < 1.29 is 9.59 Å². The molecule has 1 fully saturated rings. The number of carbonyl (C=O) groups excluding carboxylic acids is 2. The Bertz CT molecular complexity index is 1200. The van der Waals surface area contributed by atoms with E-state index in [0.717, 1.165) is 55.6 Å². The van der Waals surface area contributed by atoms with Gasteiger partial charge in [0.25, 0.3) is 11.8 Å². The van der Waals surface area contributed by atoms with Gasteiger partial charge in [0.05, 0.1) is 5.56 Å². The van der Waals surface area contributed by atoms with Gasteiger partial charge >= 0.3 is 0 Å². The zero-order chi connectivity index (χ0) is 22.8. The average molecular weight is 504 g/mol. The molecule has 5 nitrogen and oxygen atoms in total. The monoisotopic (exact) mass is 503 g/mol. The summed E-state index contributed by atoms with van der Waals surface area (Å²) in [7, 11) is 0. The van der Waals surface area contributed by atoms with Crippen LogP contribution in [0.25, 0.3) is 0 Å². The Morgan fingerprint density at radius 1 is 0.848 bits per heavy atom. The quantitative estimate of drug-likeness (QED) is 0.511. The molecule has 0 saturated carbocycles. The smallest absolute Gasteiger partial charge is 0.256 e. The lowest BCUT2D eigenvalue weighted by atomic mass is 9.98. The average Bonchev–Trinajstić information content (AvgIpc) is 3.38. The lowest BCUT2D eigenvalue weighted by molar-refractivity contribution is 0.0793. The van der Waals surface area contributed by atoms with E-state index < -0.39 is 0 Å². The van der Waals surface area contributed by atoms with Gasteiger partial charge in [-0.2, -0.15) is 0 Å². The molecule has 3 aromatic rings. The van der Waals surface area contributed by atoms with Crippen molar-refractivity contribution in [1.82, 2.24) is 4.90 Å². The van der Waals surface area contributed by atoms with Crippen molar-refractivity contribution in [3.05, 3.63) is 93.5 Å². The van der Waals surface area contributed by atoms with Gasteiger partial charge in [0.2, 0.25) is 0 Å². The Labute approximate surface area is 202 Å². The molecule has 2 aliphatic rings. The Morgan fingerprint density at radius 2 is 1.64 bits per heavy atom. The standard InChI is InChI=1S/C27H26BrN3O2/c28-22-9-5-8-20(16-22)26(32)29-23-10-11-25(24(17-23)27(33)30-13-3-4-14-30)31-15-12-19-6-1-2-7-21(19)18-31/h1-2,5-11,16-17H,3-4,12-15,18H2,(H,29,32). The molecular formula is C27H26BrN3O2. The minimum absolute atomic E-state index is 0.0416. The van der Waals surface area contributed by atoms with Crippen LogP contribution in [0.5, 0.6) is 0 Å². The fourth-order valence-electron chi connectivity index (χ4n) is 4.69. The molecule has 1 saturated heterocycles. The third-order valence-corrected chi connectivity index (χ3v) is 6.93. The summed E-state index contributed by atoms with van der Waals surface area (Å²) in [6.07, 6.45) is 3.03. The van der Waals surface area contributed by atoms with E-state index in [9.17, 15) is 9.59 Å². The summed E-state index contributed by atoms with van der Waals surface area (Å²) in [6, 6.07) is 21.5. The summed E-state index contributed by atoms with van der Waals surface area (Å²) >= 11 is 3.41. The van der Waals surface area contributed by atoms with Crippen LogP contribution >= 0.6 is 15.9 Å². The van der Waals surface area contributed by atoms with Gasteiger partial charge in [-0.1, -0.05) is 46.3 Å². The molecule has 0 unspecified atom stereocenters. The zero-order valence-electron chi connectivity index (χ0n) is 18.4. The van der Waals surface area contributed by atoms with Crippen LogP contribution in [0, 0.1) is 0 Å². The normalized spacial score (nSPS) is 15.3. The molecule has 0 spiro atoms. The lowest BCUT2D eigenvalue weighted by Gasteiger charge is -2.33. The lowest BCUT2D eigenvalue weighted by Crippen LogP contribution is -2.34. The first-order valence-corrected chi connectivity index (χ1v) is 12.2. The Kier molecular flexibility index (Phi) is 6.18. The van der Waals surface area contributed by atoms with Gasteiger partial charge in [-0.15, -0.1) is 0 Å². The van der Waals surface area contributed by atoms with Gasteiger partial charge in [0.1, 0.15) is 0 Å². The molecule has 2 aliphatic heterocycles. The van der Waals surface area contributed by atoms with Crippen LogP contribution in [-0.4, -0.2) is 36.3 Å². The van der Waals surface area contributed by atoms with Gasteiger partial charge in [0, 0.05) is 47.6 Å². The Morgan fingerprint density at radius 3 is 2.42 bits per heavy atom. The zero-order valence-corrected chi connectivity index (χ0v) is 20.0. The predicted molar refractivity (Wildman–Crippen MR) is 135 cm³/mol. The number of nitrogens with one attached hydrogen (secondary N) is 1. The molecule has 3 aromatic carbocycles. The number of halogens is 1. The van der Waals surface area contributed by atoms with Crippen molar-refractivity contribution in [1.29, 1.82) is 0 Å². The van der Waals surface area contributed by atoms with Crippen LogP contribution in [-0.2, 0) is 13.0 Å². The number of amides is 2. The summed E-state index contributed by atoms with van der Waals surface area (Å²) in [6.45, 7) is 3.21. The van der Waals surface area contributed by atoms with Gasteiger partial charge in [0.15, 0.2) is 0 Å². The number of anilines is 2. The maximum Gasteiger partial charge on any atom is 0.256 e. The van der Waals surface area contributed by atoms with Crippen LogP contribution in [0.1, 0.15) is 44.7 Å². The largest absolute Gasteiger partial charge is 0.366 e. The fourth-order valence-corrected chi connectivity index (χ4v) is 5.08. The third-order valence-electron chi connectivity index (χ3n) is 6.44. The van der Waals surface area contributed by atoms with Crippen LogP contribution in [0.4, 0.5) is 11.4 Å². The third kappa shape index (κ3) is 4.67. The topological polar surface area (TPSA) is 52.7 Å². The molecule has 6 heteroatoms. The predicted octanol–water partition coefficient (Wildman–Crippen LogP) is 5.50. The molecule has 168 valence electrons. The number of fused-ring (bicyclic) bond motifs is 1. The van der Waals surface area contributed by atoms with E-state index >= 15 is 0 Å². The molecule has 0 atom stereocenters. The van der Waals surface area contributed by atoms with E-state index in [0.29, 0.717) is 16.8 Å². The van der Waals surface area contributed by atoms with Gasteiger partial charge < -0.3 is 15.1 Å². The number of benzene rings is 3. The second kappa shape index (κ2) is 9.40. The highest BCUT2D eigenvalue weighted by molar-refractivity contribution is 9.10. The van der Waals surface area contributed by atoms with E-state index in [1.54, 1.807) is 12.1 Å². The van der Waals surface area contributed by atoms with Gasteiger partial charge in [-0.3, -0.25) is 9.59 Å². The highest BCUT2D eigenvalue weighted by atomic mass is 79.9. The molecule has 2 amide bonds. The molecular weight excluding hydrogens is 478 g/mol. The van der Waals surface area contributed by atoms with E-state index in [-0.39, 0.29) is 11.8 Å². The first kappa shape index (κ1) is 21.7. The first-order valence-electron chi connectivity index (χ1n) is 11.4.